The number of fused-ring (bicyclic) bond motifs is 2. The Bertz CT molecular complexity index is 1020. The number of aliphatic hydroxyl groups is 1. The van der Waals surface area contributed by atoms with E-state index in [0.29, 0.717) is 0 Å². The summed E-state index contributed by atoms with van der Waals surface area (Å²) in [5, 5.41) is 21.8. The summed E-state index contributed by atoms with van der Waals surface area (Å²) in [5.74, 6) is -1.16. The first-order chi connectivity index (χ1) is 12.2. The van der Waals surface area contributed by atoms with Gasteiger partial charge in [-0.25, -0.2) is 4.57 Å². The van der Waals surface area contributed by atoms with Crippen molar-refractivity contribution in [2.24, 2.45) is 0 Å². The Labute approximate surface area is 142 Å². The summed E-state index contributed by atoms with van der Waals surface area (Å²) < 4.78 is 27.2. The third-order valence-electron chi connectivity index (χ3n) is 3.93. The third-order valence-corrected chi connectivity index (χ3v) is 4.92. The number of aromatic nitrogens is 4. The highest BCUT2D eigenvalue weighted by Gasteiger charge is 2.55. The van der Waals surface area contributed by atoms with Gasteiger partial charge in [0.25, 0.3) is 11.1 Å². The summed E-state index contributed by atoms with van der Waals surface area (Å²) in [6.45, 7) is -0.386. The Morgan fingerprint density at radius 3 is 2.88 bits per heavy atom. The van der Waals surface area contributed by atoms with Crippen LogP contribution < -0.4 is 11.3 Å². The number of nitro groups is 1. The number of imidazole rings is 1. The number of phosphoric ester groups is 1. The number of nitrogen functional groups attached to an aromatic ring is 1. The predicted octanol–water partition coefficient (Wildman–Crippen LogP) is -1.62. The molecule has 2 unspecified atom stereocenters. The number of ether oxygens (including phenoxy) is 1. The van der Waals surface area contributed by atoms with E-state index in [1.807, 2.05) is 0 Å². The summed E-state index contributed by atoms with van der Waals surface area (Å²) in [6, 6.07) is 0. The summed E-state index contributed by atoms with van der Waals surface area (Å²) in [6.07, 6.45) is -5.37. The molecule has 2 fully saturated rings. The van der Waals surface area contributed by atoms with E-state index in [1.165, 1.54) is 0 Å². The molecular formula is C10H11N6O9P. The molecule has 0 aliphatic carbocycles. The number of hydrogen-bond donors (Lipinski definition) is 4. The molecule has 0 spiro atoms. The van der Waals surface area contributed by atoms with Crippen LogP contribution in [0.2, 0.25) is 0 Å². The molecule has 2 saturated heterocycles. The van der Waals surface area contributed by atoms with Crippen LogP contribution >= 0.6 is 7.82 Å². The van der Waals surface area contributed by atoms with E-state index in [9.17, 15) is 29.5 Å². The standard InChI is InChI=1S/C10H11N6O9P/c11-9-13-6-3(7(18)14-9)12-10(16(19)20)15(6)8-4(17)5-2(24-8)1-23-26(21,22)25-5/h2,4-5,8,17H,1H2,(H,21,22)(H3,11,13,14,18)/t2-,4+,5?,8-/m1/s1. The molecular weight excluding hydrogens is 379 g/mol. The fourth-order valence-corrected chi connectivity index (χ4v) is 3.87. The van der Waals surface area contributed by atoms with E-state index in [0.717, 1.165) is 4.57 Å². The van der Waals surface area contributed by atoms with E-state index < -0.39 is 48.8 Å². The maximum atomic E-state index is 11.9. The first-order valence-corrected chi connectivity index (χ1v) is 8.59. The monoisotopic (exact) mass is 390 g/mol. The Morgan fingerprint density at radius 2 is 2.19 bits per heavy atom. The largest absolute Gasteiger partial charge is 0.472 e. The van der Waals surface area contributed by atoms with Crippen LogP contribution in [0.3, 0.4) is 0 Å². The van der Waals surface area contributed by atoms with Crippen LogP contribution in [0, 0.1) is 10.1 Å². The summed E-state index contributed by atoms with van der Waals surface area (Å²) in [5.41, 5.74) is 3.96. The highest BCUT2D eigenvalue weighted by molar-refractivity contribution is 7.47. The van der Waals surface area contributed by atoms with E-state index in [1.54, 1.807) is 0 Å². The molecule has 16 heteroatoms. The molecule has 0 radical (unpaired) electrons. The van der Waals surface area contributed by atoms with Crippen LogP contribution in [0.4, 0.5) is 11.9 Å². The normalized spacial score (nSPS) is 34.1. The van der Waals surface area contributed by atoms with Crippen molar-refractivity contribution in [3.05, 3.63) is 20.5 Å². The Hall–Kier alpha value is -2.42. The minimum atomic E-state index is -4.38. The molecule has 0 bridgehead atoms. The molecule has 4 heterocycles. The number of rotatable bonds is 2. The maximum Gasteiger partial charge on any atom is 0.472 e. The van der Waals surface area contributed by atoms with E-state index in [-0.39, 0.29) is 23.7 Å². The lowest BCUT2D eigenvalue weighted by Crippen LogP contribution is -2.39. The molecule has 2 aromatic rings. The average molecular weight is 390 g/mol. The maximum absolute atomic E-state index is 11.9. The molecule has 0 amide bonds. The molecule has 15 nitrogen and oxygen atoms in total. The van der Waals surface area contributed by atoms with Gasteiger partial charge >= 0.3 is 13.8 Å². The number of nitrogens with two attached hydrogens (primary N) is 1. The number of aliphatic hydroxyl groups excluding tert-OH is 1. The zero-order valence-corrected chi connectivity index (χ0v) is 13.5. The van der Waals surface area contributed by atoms with Gasteiger partial charge in [-0.3, -0.25) is 18.8 Å². The smallest absolute Gasteiger partial charge is 0.390 e. The van der Waals surface area contributed by atoms with Gasteiger partial charge in [-0.15, -0.1) is 0 Å². The second-order valence-corrected chi connectivity index (χ2v) is 6.96. The van der Waals surface area contributed by atoms with Crippen molar-refractivity contribution < 1.29 is 33.3 Å². The summed E-state index contributed by atoms with van der Waals surface area (Å²) >= 11 is 0. The molecule has 5 N–H and O–H groups in total. The van der Waals surface area contributed by atoms with Gasteiger partial charge in [0.1, 0.15) is 18.3 Å². The number of aromatic amines is 1. The van der Waals surface area contributed by atoms with Crippen molar-refractivity contribution in [3.8, 4) is 0 Å². The van der Waals surface area contributed by atoms with Crippen molar-refractivity contribution >= 4 is 30.9 Å². The van der Waals surface area contributed by atoms with Crippen molar-refractivity contribution in [2.45, 2.75) is 24.5 Å². The van der Waals surface area contributed by atoms with Crippen LogP contribution in [0.5, 0.6) is 0 Å². The van der Waals surface area contributed by atoms with Gasteiger partial charge < -0.3 is 30.6 Å². The number of nitrogens with one attached hydrogen (secondary N) is 1. The lowest BCUT2D eigenvalue weighted by atomic mass is 10.1. The molecule has 2 aliphatic heterocycles. The van der Waals surface area contributed by atoms with Crippen molar-refractivity contribution in [1.29, 1.82) is 0 Å². The number of nitrogens with zero attached hydrogens (tertiary/aromatic N) is 4. The second kappa shape index (κ2) is 5.54. The van der Waals surface area contributed by atoms with Crippen LogP contribution in [0.15, 0.2) is 4.79 Å². The minimum absolute atomic E-state index is 0.297. The lowest BCUT2D eigenvalue weighted by molar-refractivity contribution is -0.398. The SMILES string of the molecule is Nc1nc2c(nc([N+](=O)[O-])n2[C@@H]2O[C@@H]3COP(=O)(O)OC3[C@@H]2O)c(=O)[nH]1. The number of phosphoric acid groups is 1. The predicted molar refractivity (Wildman–Crippen MR) is 79.8 cm³/mol. The number of anilines is 1. The molecule has 2 aromatic heterocycles. The highest BCUT2D eigenvalue weighted by Crippen LogP contribution is 2.52. The molecule has 5 atom stereocenters. The summed E-state index contributed by atoms with van der Waals surface area (Å²) in [4.78, 5) is 41.3. The number of hydrogen-bond acceptors (Lipinski definition) is 11. The Kier molecular flexibility index (Phi) is 3.62. The van der Waals surface area contributed by atoms with Gasteiger partial charge in [0.05, 0.1) is 6.61 Å². The average Bonchev–Trinajstić information content (AvgIpc) is 3.05. The van der Waals surface area contributed by atoms with Gasteiger partial charge in [-0.1, -0.05) is 4.98 Å². The van der Waals surface area contributed by atoms with Gasteiger partial charge in [0, 0.05) is 0 Å². The Morgan fingerprint density at radius 1 is 1.46 bits per heavy atom. The van der Waals surface area contributed by atoms with Crippen LogP contribution in [0.1, 0.15) is 6.23 Å². The van der Waals surface area contributed by atoms with Crippen molar-refractivity contribution in [2.75, 3.05) is 12.3 Å². The molecule has 0 aromatic carbocycles. The molecule has 4 rings (SSSR count). The van der Waals surface area contributed by atoms with Crippen LogP contribution in [-0.4, -0.2) is 59.4 Å². The van der Waals surface area contributed by atoms with Gasteiger partial charge in [-0.2, -0.15) is 9.55 Å². The molecule has 2 aliphatic rings. The van der Waals surface area contributed by atoms with E-state index >= 15 is 0 Å². The lowest BCUT2D eigenvalue weighted by Gasteiger charge is -2.27. The van der Waals surface area contributed by atoms with Gasteiger partial charge in [-0.05, 0) is 4.92 Å². The fourth-order valence-electron chi connectivity index (χ4n) is 2.90. The van der Waals surface area contributed by atoms with E-state index in [4.69, 9.17) is 15.0 Å². The van der Waals surface area contributed by atoms with Crippen LogP contribution in [0.25, 0.3) is 11.2 Å². The fraction of sp³-hybridized carbons (Fsp3) is 0.500. The van der Waals surface area contributed by atoms with E-state index in [2.05, 4.69) is 19.5 Å². The minimum Gasteiger partial charge on any atom is -0.390 e. The van der Waals surface area contributed by atoms with Crippen LogP contribution in [-0.2, 0) is 18.3 Å². The first kappa shape index (κ1) is 17.0. The topological polar surface area (TPSA) is 218 Å². The highest BCUT2D eigenvalue weighted by atomic mass is 31.2. The van der Waals surface area contributed by atoms with Crippen molar-refractivity contribution in [3.63, 3.8) is 0 Å². The summed E-state index contributed by atoms with van der Waals surface area (Å²) in [7, 11) is -4.38. The third kappa shape index (κ3) is 2.49. The molecule has 140 valence electrons. The first-order valence-electron chi connectivity index (χ1n) is 7.09. The zero-order chi connectivity index (χ0) is 18.8. The Balaban J connectivity index is 1.86. The van der Waals surface area contributed by atoms with Gasteiger partial charge in [0.15, 0.2) is 0 Å². The quantitative estimate of drug-likeness (QED) is 0.258. The molecule has 26 heavy (non-hydrogen) atoms. The second-order valence-electron chi connectivity index (χ2n) is 5.55. The molecule has 0 saturated carbocycles. The van der Waals surface area contributed by atoms with Crippen molar-refractivity contribution in [1.82, 2.24) is 19.5 Å². The van der Waals surface area contributed by atoms with Gasteiger partial charge in [0.2, 0.25) is 17.8 Å². The zero-order valence-electron chi connectivity index (χ0n) is 12.6. The number of H-pyrrole nitrogens is 1.